The van der Waals surface area contributed by atoms with Crippen molar-refractivity contribution in [2.24, 2.45) is 0 Å². The Morgan fingerprint density at radius 2 is 2.17 bits per heavy atom. The van der Waals surface area contributed by atoms with Crippen molar-refractivity contribution < 1.29 is 4.74 Å². The topological polar surface area (TPSA) is 29.9 Å². The summed E-state index contributed by atoms with van der Waals surface area (Å²) in [5.41, 5.74) is 3.53. The fraction of sp³-hybridized carbons (Fsp3) is 0.500. The molecule has 1 N–H and O–H groups in total. The number of nitrogens with zero attached hydrogens (tertiary/aromatic N) is 1. The number of hydrogen-bond donors (Lipinski definition) is 1. The maximum absolute atomic E-state index is 5.60. The summed E-state index contributed by atoms with van der Waals surface area (Å²) >= 11 is 5.37. The van der Waals surface area contributed by atoms with Crippen LogP contribution in [0.15, 0.2) is 18.2 Å². The summed E-state index contributed by atoms with van der Waals surface area (Å²) in [4.78, 5) is 3.27. The van der Waals surface area contributed by atoms with Crippen LogP contribution in [0.3, 0.4) is 0 Å². The number of nitrogens with one attached hydrogen (secondary N) is 1. The number of unbranched alkanes of at least 4 members (excludes halogenated alkanes) is 1. The molecule has 1 heterocycles. The predicted octanol–water partition coefficient (Wildman–Crippen LogP) is 3.82. The molecule has 0 aliphatic carbocycles. The molecule has 98 valence electrons. The number of aromatic nitrogens is 2. The molecule has 0 bridgehead atoms. The molecule has 0 saturated heterocycles. The SMILES string of the molecule is CCCCOCCn1c(=S)[nH]c2c(C)cccc21. The van der Waals surface area contributed by atoms with E-state index in [1.54, 1.807) is 0 Å². The molecular formula is C14H20N2OS. The first-order valence-corrected chi connectivity index (χ1v) is 6.90. The zero-order chi connectivity index (χ0) is 13.0. The molecule has 0 fully saturated rings. The van der Waals surface area contributed by atoms with Crippen LogP contribution < -0.4 is 0 Å². The Morgan fingerprint density at radius 3 is 2.94 bits per heavy atom. The number of H-pyrrole nitrogens is 1. The van der Waals surface area contributed by atoms with Crippen molar-refractivity contribution in [3.8, 4) is 0 Å². The predicted molar refractivity (Wildman–Crippen MR) is 77.6 cm³/mol. The molecular weight excluding hydrogens is 244 g/mol. The van der Waals surface area contributed by atoms with Crippen LogP contribution in [-0.2, 0) is 11.3 Å². The zero-order valence-electron chi connectivity index (χ0n) is 11.0. The Balaban J connectivity index is 2.11. The Morgan fingerprint density at radius 1 is 1.33 bits per heavy atom. The van der Waals surface area contributed by atoms with Crippen molar-refractivity contribution in [1.82, 2.24) is 9.55 Å². The average Bonchev–Trinajstić information content (AvgIpc) is 2.68. The van der Waals surface area contributed by atoms with E-state index < -0.39 is 0 Å². The van der Waals surface area contributed by atoms with Gasteiger partial charge >= 0.3 is 0 Å². The first-order valence-electron chi connectivity index (χ1n) is 6.50. The van der Waals surface area contributed by atoms with Gasteiger partial charge in [-0.15, -0.1) is 0 Å². The van der Waals surface area contributed by atoms with Crippen LogP contribution in [0.4, 0.5) is 0 Å². The molecule has 0 atom stereocenters. The number of fused-ring (bicyclic) bond motifs is 1. The van der Waals surface area contributed by atoms with Crippen LogP contribution >= 0.6 is 12.2 Å². The van der Waals surface area contributed by atoms with Crippen molar-refractivity contribution in [3.63, 3.8) is 0 Å². The second-order valence-corrected chi connectivity index (χ2v) is 4.90. The van der Waals surface area contributed by atoms with E-state index in [1.165, 1.54) is 17.5 Å². The molecule has 1 aromatic carbocycles. The smallest absolute Gasteiger partial charge is 0.178 e. The second kappa shape index (κ2) is 6.16. The Labute approximate surface area is 113 Å². The van der Waals surface area contributed by atoms with Crippen LogP contribution in [0.5, 0.6) is 0 Å². The molecule has 0 radical (unpaired) electrons. The Bertz CT molecular complexity index is 571. The molecule has 1 aromatic heterocycles. The van der Waals surface area contributed by atoms with Gasteiger partial charge in [0.05, 0.1) is 17.6 Å². The number of para-hydroxylation sites is 1. The van der Waals surface area contributed by atoms with Gasteiger partial charge in [-0.1, -0.05) is 25.5 Å². The Kier molecular flexibility index (Phi) is 4.55. The lowest BCUT2D eigenvalue weighted by molar-refractivity contribution is 0.124. The summed E-state index contributed by atoms with van der Waals surface area (Å²) in [6.45, 7) is 6.63. The molecule has 0 aliphatic heterocycles. The van der Waals surface area contributed by atoms with Crippen molar-refractivity contribution in [2.75, 3.05) is 13.2 Å². The van der Waals surface area contributed by atoms with Gasteiger partial charge in [0.1, 0.15) is 0 Å². The highest BCUT2D eigenvalue weighted by Gasteiger charge is 2.05. The third kappa shape index (κ3) is 2.82. The first kappa shape index (κ1) is 13.3. The van der Waals surface area contributed by atoms with E-state index in [9.17, 15) is 0 Å². The summed E-state index contributed by atoms with van der Waals surface area (Å²) in [6, 6.07) is 6.26. The number of aromatic amines is 1. The molecule has 0 spiro atoms. The maximum Gasteiger partial charge on any atom is 0.178 e. The van der Waals surface area contributed by atoms with Crippen LogP contribution in [0.25, 0.3) is 11.0 Å². The monoisotopic (exact) mass is 264 g/mol. The number of benzene rings is 1. The van der Waals surface area contributed by atoms with Gasteiger partial charge in [-0.05, 0) is 37.2 Å². The third-order valence-electron chi connectivity index (χ3n) is 3.12. The van der Waals surface area contributed by atoms with Crippen LogP contribution in [0.2, 0.25) is 0 Å². The number of rotatable bonds is 6. The largest absolute Gasteiger partial charge is 0.380 e. The lowest BCUT2D eigenvalue weighted by atomic mass is 10.2. The van der Waals surface area contributed by atoms with Gasteiger partial charge in [-0.25, -0.2) is 0 Å². The van der Waals surface area contributed by atoms with Crippen LogP contribution in [0, 0.1) is 11.7 Å². The standard InChI is InChI=1S/C14H20N2OS/c1-3-4-9-17-10-8-16-12-7-5-6-11(2)13(12)15-14(16)18/h5-7H,3-4,8-10H2,1-2H3,(H,15,18). The summed E-state index contributed by atoms with van der Waals surface area (Å²) in [5.74, 6) is 0. The van der Waals surface area contributed by atoms with Crippen molar-refractivity contribution >= 4 is 23.3 Å². The van der Waals surface area contributed by atoms with E-state index >= 15 is 0 Å². The van der Waals surface area contributed by atoms with E-state index in [0.717, 1.165) is 36.5 Å². The van der Waals surface area contributed by atoms with Gasteiger partial charge < -0.3 is 14.3 Å². The van der Waals surface area contributed by atoms with Crippen molar-refractivity contribution in [1.29, 1.82) is 0 Å². The minimum atomic E-state index is 0.717. The minimum Gasteiger partial charge on any atom is -0.380 e. The molecule has 0 amide bonds. The minimum absolute atomic E-state index is 0.717. The third-order valence-corrected chi connectivity index (χ3v) is 3.44. The van der Waals surface area contributed by atoms with Gasteiger partial charge in [0.25, 0.3) is 0 Å². The summed E-state index contributed by atoms with van der Waals surface area (Å²) in [5, 5.41) is 0. The lowest BCUT2D eigenvalue weighted by Gasteiger charge is -2.06. The summed E-state index contributed by atoms with van der Waals surface area (Å²) < 4.78 is 8.49. The molecule has 3 nitrogen and oxygen atoms in total. The Hall–Kier alpha value is -1.13. The van der Waals surface area contributed by atoms with Gasteiger partial charge in [-0.2, -0.15) is 0 Å². The van der Waals surface area contributed by atoms with Crippen molar-refractivity contribution in [2.45, 2.75) is 33.2 Å². The highest BCUT2D eigenvalue weighted by atomic mass is 32.1. The average molecular weight is 264 g/mol. The fourth-order valence-corrected chi connectivity index (χ4v) is 2.34. The molecule has 4 heteroatoms. The number of imidazole rings is 1. The molecule has 0 aliphatic rings. The van der Waals surface area contributed by atoms with Gasteiger partial charge in [0, 0.05) is 13.2 Å². The molecule has 0 unspecified atom stereocenters. The van der Waals surface area contributed by atoms with Crippen LogP contribution in [-0.4, -0.2) is 22.8 Å². The molecule has 18 heavy (non-hydrogen) atoms. The summed E-state index contributed by atoms with van der Waals surface area (Å²) in [7, 11) is 0. The molecule has 0 saturated carbocycles. The highest BCUT2D eigenvalue weighted by molar-refractivity contribution is 7.71. The van der Waals surface area contributed by atoms with E-state index in [4.69, 9.17) is 17.0 Å². The van der Waals surface area contributed by atoms with Crippen molar-refractivity contribution in [3.05, 3.63) is 28.5 Å². The fourth-order valence-electron chi connectivity index (χ4n) is 2.05. The van der Waals surface area contributed by atoms with Crippen LogP contribution in [0.1, 0.15) is 25.3 Å². The molecule has 2 rings (SSSR count). The zero-order valence-corrected chi connectivity index (χ0v) is 11.8. The number of ether oxygens (including phenoxy) is 1. The van der Waals surface area contributed by atoms with E-state index in [0.29, 0.717) is 0 Å². The summed E-state index contributed by atoms with van der Waals surface area (Å²) in [6.07, 6.45) is 2.30. The number of aryl methyl sites for hydroxylation is 1. The van der Waals surface area contributed by atoms with Gasteiger partial charge in [0.15, 0.2) is 4.77 Å². The van der Waals surface area contributed by atoms with Gasteiger partial charge in [0.2, 0.25) is 0 Å². The molecule has 2 aromatic rings. The van der Waals surface area contributed by atoms with E-state index in [2.05, 4.69) is 41.6 Å². The van der Waals surface area contributed by atoms with E-state index in [1.807, 2.05) is 0 Å². The number of hydrogen-bond acceptors (Lipinski definition) is 2. The normalized spacial score (nSPS) is 11.2. The van der Waals surface area contributed by atoms with E-state index in [-0.39, 0.29) is 0 Å². The second-order valence-electron chi connectivity index (χ2n) is 4.52. The first-order chi connectivity index (χ1) is 8.74. The highest BCUT2D eigenvalue weighted by Crippen LogP contribution is 2.17. The van der Waals surface area contributed by atoms with Gasteiger partial charge in [-0.3, -0.25) is 0 Å². The lowest BCUT2D eigenvalue weighted by Crippen LogP contribution is -2.06. The maximum atomic E-state index is 5.60. The quantitative estimate of drug-likeness (QED) is 0.635.